The van der Waals surface area contributed by atoms with E-state index < -0.39 is 17.7 Å². The van der Waals surface area contributed by atoms with Gasteiger partial charge >= 0.3 is 6.18 Å². The van der Waals surface area contributed by atoms with Crippen LogP contribution in [0.1, 0.15) is 16.1 Å². The highest BCUT2D eigenvalue weighted by Crippen LogP contribution is 2.23. The van der Waals surface area contributed by atoms with Crippen molar-refractivity contribution in [1.82, 2.24) is 9.97 Å². The summed E-state index contributed by atoms with van der Waals surface area (Å²) in [4.78, 5) is 17.1. The lowest BCUT2D eigenvalue weighted by molar-refractivity contribution is -0.0888. The Hall–Kier alpha value is -2.11. The van der Waals surface area contributed by atoms with Crippen LogP contribution in [0.5, 0.6) is 0 Å². The van der Waals surface area contributed by atoms with E-state index in [1.54, 1.807) is 18.2 Å². The molecule has 0 saturated carbocycles. The molecule has 3 nitrogen and oxygen atoms in total. The van der Waals surface area contributed by atoms with E-state index in [1.807, 2.05) is 13.0 Å². The van der Waals surface area contributed by atoms with Gasteiger partial charge in [-0.25, -0.2) is 4.98 Å². The van der Waals surface area contributed by atoms with Crippen LogP contribution in [0.3, 0.4) is 0 Å². The SMILES string of the molecule is Cc1cccc(-c2ncc(C(=O)C(F)(F)F)[nH]2)c1. The zero-order valence-corrected chi connectivity index (χ0v) is 9.38. The Morgan fingerprint density at radius 1 is 1.33 bits per heavy atom. The van der Waals surface area contributed by atoms with Gasteiger partial charge in [0.05, 0.1) is 6.20 Å². The van der Waals surface area contributed by atoms with E-state index in [1.165, 1.54) is 0 Å². The van der Waals surface area contributed by atoms with Gasteiger partial charge in [0.15, 0.2) is 0 Å². The van der Waals surface area contributed by atoms with Crippen LogP contribution in [-0.2, 0) is 0 Å². The zero-order valence-electron chi connectivity index (χ0n) is 9.38. The van der Waals surface area contributed by atoms with E-state index in [0.717, 1.165) is 11.8 Å². The summed E-state index contributed by atoms with van der Waals surface area (Å²) >= 11 is 0. The van der Waals surface area contributed by atoms with Gasteiger partial charge in [0.1, 0.15) is 11.5 Å². The molecule has 0 aliphatic carbocycles. The number of hydrogen-bond donors (Lipinski definition) is 1. The lowest BCUT2D eigenvalue weighted by Crippen LogP contribution is -2.22. The van der Waals surface area contributed by atoms with Gasteiger partial charge < -0.3 is 4.98 Å². The average Bonchev–Trinajstić information content (AvgIpc) is 2.75. The summed E-state index contributed by atoms with van der Waals surface area (Å²) in [5, 5.41) is 0. The van der Waals surface area contributed by atoms with Gasteiger partial charge in [-0.3, -0.25) is 4.79 Å². The number of nitrogens with one attached hydrogen (secondary N) is 1. The highest BCUT2D eigenvalue weighted by atomic mass is 19.4. The maximum absolute atomic E-state index is 12.2. The first-order chi connectivity index (χ1) is 8.38. The number of rotatable bonds is 2. The van der Waals surface area contributed by atoms with E-state index in [9.17, 15) is 18.0 Å². The molecule has 0 unspecified atom stereocenters. The molecule has 0 bridgehead atoms. The van der Waals surface area contributed by atoms with Crippen molar-refractivity contribution < 1.29 is 18.0 Å². The van der Waals surface area contributed by atoms with Crippen molar-refractivity contribution in [3.63, 3.8) is 0 Å². The molecule has 0 spiro atoms. The molecular weight excluding hydrogens is 245 g/mol. The topological polar surface area (TPSA) is 45.8 Å². The number of aromatic nitrogens is 2. The molecule has 2 aromatic rings. The van der Waals surface area contributed by atoms with E-state index in [4.69, 9.17) is 0 Å². The van der Waals surface area contributed by atoms with E-state index >= 15 is 0 Å². The van der Waals surface area contributed by atoms with Crippen molar-refractivity contribution in [3.8, 4) is 11.4 Å². The molecule has 0 aliphatic heterocycles. The summed E-state index contributed by atoms with van der Waals surface area (Å²) in [6.45, 7) is 1.86. The molecule has 1 N–H and O–H groups in total. The smallest absolute Gasteiger partial charge is 0.335 e. The number of H-pyrrole nitrogens is 1. The van der Waals surface area contributed by atoms with Crippen molar-refractivity contribution in [2.24, 2.45) is 0 Å². The summed E-state index contributed by atoms with van der Waals surface area (Å²) in [5.41, 5.74) is 1.03. The van der Waals surface area contributed by atoms with Gasteiger partial charge in [-0.15, -0.1) is 0 Å². The predicted molar refractivity (Wildman–Crippen MR) is 59.1 cm³/mol. The third kappa shape index (κ3) is 2.42. The minimum absolute atomic E-state index is 0.242. The molecule has 0 aliphatic rings. The van der Waals surface area contributed by atoms with Gasteiger partial charge in [0.25, 0.3) is 5.78 Å². The first-order valence-corrected chi connectivity index (χ1v) is 5.11. The molecule has 1 aromatic heterocycles. The summed E-state index contributed by atoms with van der Waals surface area (Å²) in [5.74, 6) is -1.68. The molecule has 1 heterocycles. The second-order valence-electron chi connectivity index (χ2n) is 3.84. The highest BCUT2D eigenvalue weighted by Gasteiger charge is 2.40. The Morgan fingerprint density at radius 3 is 2.67 bits per heavy atom. The van der Waals surface area contributed by atoms with Gasteiger partial charge in [-0.2, -0.15) is 13.2 Å². The number of benzene rings is 1. The number of halogens is 3. The minimum atomic E-state index is -4.89. The highest BCUT2D eigenvalue weighted by molar-refractivity contribution is 5.98. The number of carbonyl (C=O) groups is 1. The van der Waals surface area contributed by atoms with Crippen LogP contribution in [0.4, 0.5) is 13.2 Å². The molecule has 2 rings (SSSR count). The Morgan fingerprint density at radius 2 is 2.06 bits per heavy atom. The fourth-order valence-electron chi connectivity index (χ4n) is 1.53. The number of alkyl halides is 3. The van der Waals surface area contributed by atoms with Gasteiger partial charge in [0.2, 0.25) is 0 Å². The first kappa shape index (κ1) is 12.3. The van der Waals surface area contributed by atoms with Crippen molar-refractivity contribution in [3.05, 3.63) is 41.7 Å². The van der Waals surface area contributed by atoms with Crippen LogP contribution in [0.2, 0.25) is 0 Å². The molecule has 6 heteroatoms. The second-order valence-corrected chi connectivity index (χ2v) is 3.84. The molecule has 94 valence electrons. The number of carbonyl (C=O) groups excluding carboxylic acids is 1. The monoisotopic (exact) mass is 254 g/mol. The number of nitrogens with zero attached hydrogens (tertiary/aromatic N) is 1. The Bertz CT molecular complexity index is 587. The van der Waals surface area contributed by atoms with Crippen LogP contribution < -0.4 is 0 Å². The molecule has 0 atom stereocenters. The van der Waals surface area contributed by atoms with Crippen LogP contribution in [0, 0.1) is 6.92 Å². The molecular formula is C12H9F3N2O. The van der Waals surface area contributed by atoms with Crippen molar-refractivity contribution in [2.45, 2.75) is 13.1 Å². The normalized spacial score (nSPS) is 11.6. The lowest BCUT2D eigenvalue weighted by atomic mass is 10.1. The summed E-state index contributed by atoms with van der Waals surface area (Å²) < 4.78 is 36.6. The second kappa shape index (κ2) is 4.29. The standard InChI is InChI=1S/C12H9F3N2O/c1-7-3-2-4-8(5-7)11-16-6-9(17-11)10(18)12(13,14)15/h2-6H,1H3,(H,16,17). The number of imidazole rings is 1. The van der Waals surface area contributed by atoms with Gasteiger partial charge in [-0.1, -0.05) is 23.8 Å². The van der Waals surface area contributed by atoms with Crippen LogP contribution in [-0.4, -0.2) is 21.9 Å². The van der Waals surface area contributed by atoms with Gasteiger partial charge in [-0.05, 0) is 13.0 Å². The number of aryl methyl sites for hydroxylation is 1. The summed E-state index contributed by atoms with van der Waals surface area (Å²) in [7, 11) is 0. The van der Waals surface area contributed by atoms with E-state index in [2.05, 4.69) is 9.97 Å². The average molecular weight is 254 g/mol. The maximum Gasteiger partial charge on any atom is 0.456 e. The number of hydrogen-bond acceptors (Lipinski definition) is 2. The molecule has 0 saturated heterocycles. The minimum Gasteiger partial charge on any atom is -0.335 e. The molecule has 18 heavy (non-hydrogen) atoms. The largest absolute Gasteiger partial charge is 0.456 e. The fourth-order valence-corrected chi connectivity index (χ4v) is 1.53. The number of ketones is 1. The third-order valence-corrected chi connectivity index (χ3v) is 2.37. The predicted octanol–water partition coefficient (Wildman–Crippen LogP) is 3.13. The van der Waals surface area contributed by atoms with Crippen molar-refractivity contribution in [2.75, 3.05) is 0 Å². The third-order valence-electron chi connectivity index (χ3n) is 2.37. The first-order valence-electron chi connectivity index (χ1n) is 5.11. The Balaban J connectivity index is 2.34. The molecule has 0 radical (unpaired) electrons. The van der Waals surface area contributed by atoms with E-state index in [-0.39, 0.29) is 5.82 Å². The maximum atomic E-state index is 12.2. The fraction of sp³-hybridized carbons (Fsp3) is 0.167. The van der Waals surface area contributed by atoms with Crippen molar-refractivity contribution in [1.29, 1.82) is 0 Å². The summed E-state index contributed by atoms with van der Waals surface area (Å²) in [6.07, 6.45) is -4.00. The van der Waals surface area contributed by atoms with Gasteiger partial charge in [0, 0.05) is 5.56 Å². The van der Waals surface area contributed by atoms with Crippen molar-refractivity contribution >= 4 is 5.78 Å². The molecule has 1 aromatic carbocycles. The quantitative estimate of drug-likeness (QED) is 0.837. The summed E-state index contributed by atoms with van der Waals surface area (Å²) in [6, 6.07) is 7.08. The number of aromatic amines is 1. The zero-order chi connectivity index (χ0) is 13.3. The Labute approximate surface area is 101 Å². The molecule has 0 amide bonds. The van der Waals surface area contributed by atoms with E-state index in [0.29, 0.717) is 5.56 Å². The van der Waals surface area contributed by atoms with Crippen LogP contribution in [0.15, 0.2) is 30.5 Å². The lowest BCUT2D eigenvalue weighted by Gasteiger charge is -2.02. The molecule has 0 fully saturated rings. The Kier molecular flexibility index (Phi) is 2.94. The van der Waals surface area contributed by atoms with Crippen LogP contribution >= 0.6 is 0 Å². The van der Waals surface area contributed by atoms with Crippen LogP contribution in [0.25, 0.3) is 11.4 Å². The number of Topliss-reactive ketones (excluding diaryl/α,β-unsaturated/α-hetero) is 1.